The number of methoxy groups -OCH3 is 1. The quantitative estimate of drug-likeness (QED) is 0.534. The molecule has 0 atom stereocenters. The summed E-state index contributed by atoms with van der Waals surface area (Å²) in [6.45, 7) is 5.26. The summed E-state index contributed by atoms with van der Waals surface area (Å²) in [5, 5.41) is 14.5. The molecule has 0 spiro atoms. The fraction of sp³-hybridized carbons (Fsp3) is 0.321. The maximum atomic E-state index is 13.2. The van der Waals surface area contributed by atoms with Crippen molar-refractivity contribution < 1.29 is 14.6 Å². The Bertz CT molecular complexity index is 1130. The molecular weight excluding hydrogens is 426 g/mol. The van der Waals surface area contributed by atoms with E-state index in [2.05, 4.69) is 21.2 Å². The van der Waals surface area contributed by atoms with E-state index >= 15 is 0 Å². The normalized spacial score (nSPS) is 16.6. The van der Waals surface area contributed by atoms with Crippen LogP contribution in [0.2, 0.25) is 0 Å². The molecule has 5 rings (SSSR count). The van der Waals surface area contributed by atoms with E-state index in [0.717, 1.165) is 61.7 Å². The number of benzene rings is 3. The van der Waals surface area contributed by atoms with Gasteiger partial charge in [0.25, 0.3) is 5.91 Å². The summed E-state index contributed by atoms with van der Waals surface area (Å²) in [5.74, 6) is 0.553. The third-order valence-corrected chi connectivity index (χ3v) is 6.99. The molecule has 1 fully saturated rings. The number of hydrogen-bond donors (Lipinski definition) is 2. The Balaban J connectivity index is 1.15. The highest BCUT2D eigenvalue weighted by Gasteiger charge is 2.47. The van der Waals surface area contributed by atoms with Crippen LogP contribution in [-0.4, -0.2) is 62.3 Å². The zero-order chi connectivity index (χ0) is 23.5. The molecule has 1 saturated heterocycles. The predicted molar refractivity (Wildman–Crippen MR) is 134 cm³/mol. The lowest BCUT2D eigenvalue weighted by Crippen LogP contribution is -2.48. The predicted octanol–water partition coefficient (Wildman–Crippen LogP) is 3.24. The molecule has 34 heavy (non-hydrogen) atoms. The van der Waals surface area contributed by atoms with Crippen LogP contribution in [0.25, 0.3) is 11.1 Å². The zero-order valence-corrected chi connectivity index (χ0v) is 19.5. The summed E-state index contributed by atoms with van der Waals surface area (Å²) in [4.78, 5) is 18.0. The Morgan fingerprint density at radius 1 is 0.912 bits per heavy atom. The van der Waals surface area contributed by atoms with Crippen LogP contribution in [0.15, 0.2) is 72.8 Å². The van der Waals surface area contributed by atoms with Crippen LogP contribution >= 0.6 is 0 Å². The van der Waals surface area contributed by atoms with Crippen molar-refractivity contribution in [3.05, 3.63) is 83.9 Å². The summed E-state index contributed by atoms with van der Waals surface area (Å²) in [6, 6.07) is 23.4. The Morgan fingerprint density at radius 2 is 1.50 bits per heavy atom. The van der Waals surface area contributed by atoms with Crippen LogP contribution < -0.4 is 15.0 Å². The number of fused-ring (bicyclic) bond motifs is 3. The van der Waals surface area contributed by atoms with Crippen molar-refractivity contribution in [3.8, 4) is 16.9 Å². The van der Waals surface area contributed by atoms with E-state index in [4.69, 9.17) is 4.74 Å². The maximum absolute atomic E-state index is 13.2. The lowest BCUT2D eigenvalue weighted by atomic mass is 9.90. The van der Waals surface area contributed by atoms with Gasteiger partial charge in [0.05, 0.1) is 12.8 Å². The first-order valence-corrected chi connectivity index (χ1v) is 11.9. The number of carbonyl (C=O) groups is 1. The number of para-hydroxylation sites is 2. The largest absolute Gasteiger partial charge is 0.495 e. The highest BCUT2D eigenvalue weighted by atomic mass is 16.5. The molecular formula is C28H31N3O3. The van der Waals surface area contributed by atoms with E-state index in [0.29, 0.717) is 17.7 Å². The van der Waals surface area contributed by atoms with Gasteiger partial charge < -0.3 is 20.1 Å². The lowest BCUT2D eigenvalue weighted by molar-refractivity contribution is -0.136. The summed E-state index contributed by atoms with van der Waals surface area (Å²) >= 11 is 0. The van der Waals surface area contributed by atoms with Gasteiger partial charge in [0.1, 0.15) is 5.75 Å². The van der Waals surface area contributed by atoms with Crippen LogP contribution in [0.4, 0.5) is 5.69 Å². The lowest BCUT2D eigenvalue weighted by Gasteiger charge is -2.36. The summed E-state index contributed by atoms with van der Waals surface area (Å²) in [5.41, 5.74) is 2.64. The Labute approximate surface area is 200 Å². The van der Waals surface area contributed by atoms with E-state index in [1.165, 1.54) is 0 Å². The summed E-state index contributed by atoms with van der Waals surface area (Å²) in [6.07, 6.45) is 0.833. The van der Waals surface area contributed by atoms with Crippen molar-refractivity contribution in [2.24, 2.45) is 0 Å². The first-order valence-electron chi connectivity index (χ1n) is 11.9. The number of aliphatic hydroxyl groups is 1. The van der Waals surface area contributed by atoms with Gasteiger partial charge >= 0.3 is 0 Å². The second kappa shape index (κ2) is 9.49. The first-order chi connectivity index (χ1) is 16.6. The second-order valence-electron chi connectivity index (χ2n) is 8.91. The van der Waals surface area contributed by atoms with E-state index in [1.54, 1.807) is 7.11 Å². The van der Waals surface area contributed by atoms with Crippen molar-refractivity contribution in [1.29, 1.82) is 0 Å². The molecule has 3 aromatic rings. The Morgan fingerprint density at radius 3 is 2.15 bits per heavy atom. The number of hydrogen-bond acceptors (Lipinski definition) is 5. The van der Waals surface area contributed by atoms with Crippen LogP contribution in [0, 0.1) is 0 Å². The molecule has 1 aliphatic carbocycles. The summed E-state index contributed by atoms with van der Waals surface area (Å²) in [7, 11) is 1.71. The van der Waals surface area contributed by atoms with Gasteiger partial charge in [-0.3, -0.25) is 9.69 Å². The molecule has 2 aliphatic rings. The smallest absolute Gasteiger partial charge is 0.261 e. The SMILES string of the molecule is COc1ccccc1N1CCN(CCCNC(=O)C2(O)c3ccccc3-c3ccccc32)CC1. The average molecular weight is 458 g/mol. The molecule has 0 bridgehead atoms. The van der Waals surface area contributed by atoms with E-state index < -0.39 is 5.60 Å². The minimum absolute atomic E-state index is 0.356. The number of anilines is 1. The van der Waals surface area contributed by atoms with Crippen LogP contribution in [0.5, 0.6) is 5.75 Å². The van der Waals surface area contributed by atoms with Gasteiger partial charge in [-0.05, 0) is 36.2 Å². The second-order valence-corrected chi connectivity index (χ2v) is 8.91. The van der Waals surface area contributed by atoms with Crippen molar-refractivity contribution in [1.82, 2.24) is 10.2 Å². The Kier molecular flexibility index (Phi) is 6.26. The number of nitrogens with zero attached hydrogens (tertiary/aromatic N) is 2. The first kappa shape index (κ1) is 22.4. The van der Waals surface area contributed by atoms with Crippen molar-refractivity contribution in [3.63, 3.8) is 0 Å². The summed E-state index contributed by atoms with van der Waals surface area (Å²) < 4.78 is 5.51. The maximum Gasteiger partial charge on any atom is 0.261 e. The minimum Gasteiger partial charge on any atom is -0.495 e. The van der Waals surface area contributed by atoms with Crippen molar-refractivity contribution in [2.45, 2.75) is 12.0 Å². The molecule has 3 aromatic carbocycles. The van der Waals surface area contributed by atoms with Gasteiger partial charge in [0.2, 0.25) is 0 Å². The average Bonchev–Trinajstić information content (AvgIpc) is 3.16. The van der Waals surface area contributed by atoms with Crippen molar-refractivity contribution >= 4 is 11.6 Å². The third kappa shape index (κ3) is 3.93. The number of ether oxygens (including phenoxy) is 1. The molecule has 0 unspecified atom stereocenters. The van der Waals surface area contributed by atoms with Crippen LogP contribution in [0.3, 0.4) is 0 Å². The molecule has 0 saturated carbocycles. The monoisotopic (exact) mass is 457 g/mol. The number of piperazine rings is 1. The van der Waals surface area contributed by atoms with E-state index in [-0.39, 0.29) is 5.91 Å². The van der Waals surface area contributed by atoms with Gasteiger partial charge in [-0.25, -0.2) is 0 Å². The van der Waals surface area contributed by atoms with Crippen LogP contribution in [0.1, 0.15) is 17.5 Å². The fourth-order valence-corrected chi connectivity index (χ4v) is 5.19. The fourth-order valence-electron chi connectivity index (χ4n) is 5.19. The highest BCUT2D eigenvalue weighted by molar-refractivity contribution is 5.98. The van der Waals surface area contributed by atoms with Gasteiger partial charge in [0, 0.05) is 43.9 Å². The standard InChI is InChI=1S/C28H31N3O3/c1-34-26-14-7-6-13-25(26)31-19-17-30(18-20-31)16-8-15-29-27(32)28(33)23-11-4-2-9-21(23)22-10-3-5-12-24(22)28/h2-7,9-14,33H,8,15-20H2,1H3,(H,29,32). The topological polar surface area (TPSA) is 65.0 Å². The van der Waals surface area contributed by atoms with Gasteiger partial charge in [-0.2, -0.15) is 0 Å². The molecule has 1 amide bonds. The Hall–Kier alpha value is -3.35. The van der Waals surface area contributed by atoms with Gasteiger partial charge in [-0.15, -0.1) is 0 Å². The molecule has 0 radical (unpaired) electrons. The molecule has 6 heteroatoms. The molecule has 176 valence electrons. The number of carbonyl (C=O) groups excluding carboxylic acids is 1. The molecule has 1 heterocycles. The van der Waals surface area contributed by atoms with E-state index in [9.17, 15) is 9.90 Å². The number of nitrogens with one attached hydrogen (secondary N) is 1. The van der Waals surface area contributed by atoms with Crippen molar-refractivity contribution in [2.75, 3.05) is 51.3 Å². The van der Waals surface area contributed by atoms with Gasteiger partial charge in [-0.1, -0.05) is 60.7 Å². The number of rotatable bonds is 7. The minimum atomic E-state index is -1.65. The highest BCUT2D eigenvalue weighted by Crippen LogP contribution is 2.47. The zero-order valence-electron chi connectivity index (χ0n) is 19.5. The molecule has 1 aliphatic heterocycles. The van der Waals surface area contributed by atoms with Gasteiger partial charge in [0.15, 0.2) is 5.60 Å². The number of amides is 1. The molecule has 0 aromatic heterocycles. The molecule has 6 nitrogen and oxygen atoms in total. The third-order valence-electron chi connectivity index (χ3n) is 6.99. The van der Waals surface area contributed by atoms with E-state index in [1.807, 2.05) is 66.7 Å². The van der Waals surface area contributed by atoms with Crippen LogP contribution in [-0.2, 0) is 10.4 Å². The molecule has 2 N–H and O–H groups in total.